The van der Waals surface area contributed by atoms with Gasteiger partial charge >= 0.3 is 0 Å². The second-order valence-electron chi connectivity index (χ2n) is 10.2. The van der Waals surface area contributed by atoms with Crippen LogP contribution in [0.2, 0.25) is 5.02 Å². The van der Waals surface area contributed by atoms with Gasteiger partial charge in [0.25, 0.3) is 0 Å². The number of ether oxygens (including phenoxy) is 2. The molecule has 0 saturated carbocycles. The van der Waals surface area contributed by atoms with Gasteiger partial charge in [-0.2, -0.15) is 0 Å². The summed E-state index contributed by atoms with van der Waals surface area (Å²) in [6.07, 6.45) is 0.667. The van der Waals surface area contributed by atoms with Crippen LogP contribution in [0.3, 0.4) is 0 Å². The summed E-state index contributed by atoms with van der Waals surface area (Å²) in [7, 11) is 0. The molecule has 2 aliphatic heterocycles. The molecule has 6 atom stereocenters. The van der Waals surface area contributed by atoms with E-state index in [0.29, 0.717) is 5.56 Å². The third kappa shape index (κ3) is 4.33. The summed E-state index contributed by atoms with van der Waals surface area (Å²) >= 11 is 6.58. The zero-order valence-corrected chi connectivity index (χ0v) is 22.0. The van der Waals surface area contributed by atoms with Crippen LogP contribution in [0.4, 0.5) is 8.78 Å². The Morgan fingerprint density at radius 1 is 1.37 bits per heavy atom. The summed E-state index contributed by atoms with van der Waals surface area (Å²) in [4.78, 5) is 12.5. The van der Waals surface area contributed by atoms with Crippen LogP contribution in [-0.2, 0) is 15.1 Å². The van der Waals surface area contributed by atoms with Crippen LogP contribution in [0.1, 0.15) is 49.3 Å². The monoisotopic (exact) mass is 544 g/mol. The quantitative estimate of drug-likeness (QED) is 0.476. The van der Waals surface area contributed by atoms with Gasteiger partial charge in [0, 0.05) is 34.3 Å². The number of hydrogen-bond acceptors (Lipinski definition) is 5. The van der Waals surface area contributed by atoms with E-state index in [4.69, 9.17) is 26.8 Å². The number of halogens is 3. The Labute approximate surface area is 225 Å². The predicted molar refractivity (Wildman–Crippen MR) is 141 cm³/mol. The highest BCUT2D eigenvalue weighted by Crippen LogP contribution is 2.57. The number of aliphatic hydroxyl groups excluding tert-OH is 1. The van der Waals surface area contributed by atoms with Crippen molar-refractivity contribution in [1.82, 2.24) is 5.32 Å². The average Bonchev–Trinajstić information content (AvgIpc) is 3.52. The van der Waals surface area contributed by atoms with Gasteiger partial charge in [-0.1, -0.05) is 61.0 Å². The van der Waals surface area contributed by atoms with Crippen molar-refractivity contribution >= 4 is 23.1 Å². The van der Waals surface area contributed by atoms with E-state index in [1.165, 1.54) is 25.1 Å². The molecule has 3 aliphatic rings. The summed E-state index contributed by atoms with van der Waals surface area (Å²) in [5.74, 6) is -1.83. The van der Waals surface area contributed by atoms with Gasteiger partial charge in [0.2, 0.25) is 5.91 Å². The van der Waals surface area contributed by atoms with Crippen molar-refractivity contribution in [3.8, 4) is 5.75 Å². The molecule has 1 saturated heterocycles. The van der Waals surface area contributed by atoms with Gasteiger partial charge in [0.05, 0.1) is 23.8 Å². The van der Waals surface area contributed by atoms with Gasteiger partial charge < -0.3 is 25.6 Å². The van der Waals surface area contributed by atoms with Crippen LogP contribution in [0.15, 0.2) is 54.1 Å². The summed E-state index contributed by atoms with van der Waals surface area (Å²) < 4.78 is 43.9. The normalized spacial score (nSPS) is 29.3. The molecule has 1 aliphatic carbocycles. The van der Waals surface area contributed by atoms with Gasteiger partial charge in [-0.15, -0.1) is 0 Å². The number of aliphatic hydroxyl groups is 1. The lowest BCUT2D eigenvalue weighted by molar-refractivity contribution is -0.114. The highest BCUT2D eigenvalue weighted by molar-refractivity contribution is 6.33. The van der Waals surface area contributed by atoms with Gasteiger partial charge in [-0.3, -0.25) is 4.79 Å². The molecule has 5 rings (SSSR count). The van der Waals surface area contributed by atoms with Crippen LogP contribution >= 0.6 is 11.6 Å². The fourth-order valence-electron chi connectivity index (χ4n) is 6.08. The van der Waals surface area contributed by atoms with Crippen LogP contribution < -0.4 is 15.8 Å². The maximum atomic E-state index is 16.2. The topological polar surface area (TPSA) is 93.8 Å². The Morgan fingerprint density at radius 3 is 2.74 bits per heavy atom. The Kier molecular flexibility index (Phi) is 7.35. The summed E-state index contributed by atoms with van der Waals surface area (Å²) in [5, 5.41) is 12.9. The Hall–Kier alpha value is -2.78. The molecule has 0 aromatic heterocycles. The fourth-order valence-corrected chi connectivity index (χ4v) is 6.34. The molecular formula is C29H31ClF2N2O4. The van der Waals surface area contributed by atoms with Gasteiger partial charge in [0.15, 0.2) is 11.8 Å². The van der Waals surface area contributed by atoms with E-state index in [-0.39, 0.29) is 40.1 Å². The minimum absolute atomic E-state index is 0.0567. The minimum Gasteiger partial charge on any atom is -0.480 e. The largest absolute Gasteiger partial charge is 0.480 e. The average molecular weight is 545 g/mol. The Balaban J connectivity index is 1.71. The number of nitrogens with one attached hydrogen (secondary N) is 1. The predicted octanol–water partition coefficient (Wildman–Crippen LogP) is 4.54. The van der Waals surface area contributed by atoms with Crippen LogP contribution in [0, 0.1) is 5.82 Å². The molecule has 6 nitrogen and oxygen atoms in total. The van der Waals surface area contributed by atoms with Crippen molar-refractivity contribution in [1.29, 1.82) is 0 Å². The SMILES string of the molecule is C[C@H](O)COC1C=CC(C(N)=O)=C(c2c(Cl)c(F)cc3c2[C@H](C)[C@](c2ccccc2)(C2CCCN2)O3)C1F. The molecule has 0 spiro atoms. The van der Waals surface area contributed by atoms with E-state index in [1.807, 2.05) is 37.3 Å². The van der Waals surface area contributed by atoms with Gasteiger partial charge in [-0.25, -0.2) is 8.78 Å². The van der Waals surface area contributed by atoms with Gasteiger partial charge in [0.1, 0.15) is 17.7 Å². The standard InChI is InChI=1S/C29H31ClF2N2O4/c1-15(35)14-37-20-11-10-18(28(33)36)24(27(20)32)25-23-16(2)29(22-9-6-12-34-22,17-7-4-3-5-8-17)38-21(23)13-19(31)26(25)30/h3-5,7-8,10-11,13,15-16,20,22,27,34-35H,6,9,12,14H2,1-2H3,(H2,33,36)/t15-,16-,20?,22?,27?,29-/m0/s1. The molecule has 2 aromatic rings. The van der Waals surface area contributed by atoms with E-state index < -0.39 is 41.6 Å². The summed E-state index contributed by atoms with van der Waals surface area (Å²) in [6, 6.07) is 10.8. The highest BCUT2D eigenvalue weighted by atomic mass is 35.5. The number of amides is 1. The first-order valence-corrected chi connectivity index (χ1v) is 13.2. The highest BCUT2D eigenvalue weighted by Gasteiger charge is 2.55. The molecular weight excluding hydrogens is 514 g/mol. The van der Waals surface area contributed by atoms with Crippen molar-refractivity contribution in [2.45, 2.75) is 62.6 Å². The van der Waals surface area contributed by atoms with Crippen LogP contribution in [0.25, 0.3) is 5.57 Å². The van der Waals surface area contributed by atoms with E-state index in [1.54, 1.807) is 0 Å². The zero-order valence-electron chi connectivity index (χ0n) is 21.2. The number of carbonyl (C=O) groups is 1. The van der Waals surface area contributed by atoms with Crippen molar-refractivity contribution in [2.75, 3.05) is 13.2 Å². The molecule has 3 unspecified atom stereocenters. The minimum atomic E-state index is -1.90. The second kappa shape index (κ2) is 10.4. The van der Waals surface area contributed by atoms with E-state index in [2.05, 4.69) is 5.32 Å². The van der Waals surface area contributed by atoms with E-state index in [9.17, 15) is 9.90 Å². The fraction of sp³-hybridized carbons (Fsp3) is 0.414. The molecule has 9 heteroatoms. The first-order valence-electron chi connectivity index (χ1n) is 12.8. The molecule has 1 amide bonds. The van der Waals surface area contributed by atoms with Crippen molar-refractivity contribution in [2.24, 2.45) is 5.73 Å². The lowest BCUT2D eigenvalue weighted by Crippen LogP contribution is -2.50. The molecule has 4 N–H and O–H groups in total. The maximum Gasteiger partial charge on any atom is 0.249 e. The summed E-state index contributed by atoms with van der Waals surface area (Å²) in [6.45, 7) is 4.15. The Bertz CT molecular complexity index is 1290. The lowest BCUT2D eigenvalue weighted by atomic mass is 9.72. The lowest BCUT2D eigenvalue weighted by Gasteiger charge is -2.39. The molecule has 1 fully saturated rings. The number of fused-ring (bicyclic) bond motifs is 1. The zero-order chi connectivity index (χ0) is 27.2. The first kappa shape index (κ1) is 26.8. The molecule has 0 radical (unpaired) electrons. The number of nitrogens with two attached hydrogens (primary N) is 1. The number of rotatable bonds is 7. The summed E-state index contributed by atoms with van der Waals surface area (Å²) in [5.41, 5.74) is 5.95. The number of primary amides is 1. The molecule has 2 aromatic carbocycles. The molecule has 0 bridgehead atoms. The van der Waals surface area contributed by atoms with Crippen molar-refractivity contribution in [3.05, 3.63) is 81.7 Å². The number of alkyl halides is 1. The third-order valence-corrected chi connectivity index (χ3v) is 8.12. The van der Waals surface area contributed by atoms with Crippen LogP contribution in [-0.4, -0.2) is 48.6 Å². The van der Waals surface area contributed by atoms with Crippen LogP contribution in [0.5, 0.6) is 5.75 Å². The number of benzene rings is 2. The van der Waals surface area contributed by atoms with E-state index >= 15 is 8.78 Å². The first-order chi connectivity index (χ1) is 18.2. The van der Waals surface area contributed by atoms with E-state index in [0.717, 1.165) is 24.9 Å². The van der Waals surface area contributed by atoms with Gasteiger partial charge in [-0.05, 0) is 31.9 Å². The smallest absolute Gasteiger partial charge is 0.249 e. The van der Waals surface area contributed by atoms with Crippen molar-refractivity contribution < 1.29 is 28.2 Å². The third-order valence-electron chi connectivity index (χ3n) is 7.75. The number of carbonyl (C=O) groups excluding carboxylic acids is 1. The number of hydrogen-bond donors (Lipinski definition) is 3. The molecule has 2 heterocycles. The van der Waals surface area contributed by atoms with Crippen molar-refractivity contribution in [3.63, 3.8) is 0 Å². The molecule has 38 heavy (non-hydrogen) atoms. The molecule has 202 valence electrons. The maximum absolute atomic E-state index is 16.2. The Morgan fingerprint density at radius 2 is 2.11 bits per heavy atom. The second-order valence-corrected chi connectivity index (χ2v) is 10.6.